The van der Waals surface area contributed by atoms with Crippen LogP contribution in [0, 0.1) is 0 Å². The van der Waals surface area contributed by atoms with Crippen LogP contribution in [0.2, 0.25) is 0 Å². The summed E-state index contributed by atoms with van der Waals surface area (Å²) in [7, 11) is 0. The summed E-state index contributed by atoms with van der Waals surface area (Å²) in [5.74, 6) is 0. The first-order valence-electron chi connectivity index (χ1n) is 18.0. The molecule has 0 spiro atoms. The molecule has 1 aliphatic carbocycles. The zero-order chi connectivity index (χ0) is 34.5. The minimum Gasteiger partial charge on any atom is -0.355 e. The zero-order valence-corrected chi connectivity index (χ0v) is 28.6. The van der Waals surface area contributed by atoms with Crippen LogP contribution in [-0.2, 0) is 5.41 Å². The van der Waals surface area contributed by atoms with E-state index in [9.17, 15) is 0 Å². The lowest BCUT2D eigenvalue weighted by atomic mass is 9.68. The second kappa shape index (κ2) is 12.3. The van der Waals surface area contributed by atoms with E-state index >= 15 is 0 Å². The molecular weight excluding hydrogens is 627 g/mol. The van der Waals surface area contributed by atoms with E-state index in [0.29, 0.717) is 0 Å². The van der Waals surface area contributed by atoms with Crippen LogP contribution in [0.15, 0.2) is 206 Å². The molecule has 0 bridgehead atoms. The van der Waals surface area contributed by atoms with Crippen LogP contribution in [0.5, 0.6) is 0 Å². The Morgan fingerprint density at radius 2 is 0.827 bits per heavy atom. The highest BCUT2D eigenvalue weighted by Gasteiger charge is 2.46. The molecule has 0 aliphatic heterocycles. The Hall–Kier alpha value is -6.70. The molecule has 9 aromatic carbocycles. The summed E-state index contributed by atoms with van der Waals surface area (Å²) >= 11 is 0. The lowest BCUT2D eigenvalue weighted by molar-refractivity contribution is 0.768. The highest BCUT2D eigenvalue weighted by Crippen LogP contribution is 2.58. The average Bonchev–Trinajstić information content (AvgIpc) is 3.53. The van der Waals surface area contributed by atoms with Gasteiger partial charge in [-0.2, -0.15) is 0 Å². The maximum absolute atomic E-state index is 3.85. The minimum atomic E-state index is -0.421. The first-order chi connectivity index (χ1) is 25.8. The molecule has 0 heterocycles. The van der Waals surface area contributed by atoms with E-state index in [4.69, 9.17) is 0 Å². The summed E-state index contributed by atoms with van der Waals surface area (Å²) in [5.41, 5.74) is 14.4. The van der Waals surface area contributed by atoms with Crippen LogP contribution in [0.3, 0.4) is 0 Å². The predicted molar refractivity (Wildman–Crippen MR) is 219 cm³/mol. The van der Waals surface area contributed by atoms with Crippen molar-refractivity contribution in [3.05, 3.63) is 229 Å². The number of hydrogen-bond donors (Lipinski definition) is 1. The summed E-state index contributed by atoms with van der Waals surface area (Å²) in [6.45, 7) is 0. The van der Waals surface area contributed by atoms with Crippen LogP contribution in [-0.4, -0.2) is 0 Å². The Balaban J connectivity index is 1.05. The summed E-state index contributed by atoms with van der Waals surface area (Å²) < 4.78 is 0. The van der Waals surface area contributed by atoms with Crippen molar-refractivity contribution in [3.63, 3.8) is 0 Å². The zero-order valence-electron chi connectivity index (χ0n) is 28.6. The van der Waals surface area contributed by atoms with Crippen LogP contribution in [0.25, 0.3) is 54.9 Å². The molecule has 9 aromatic rings. The molecule has 1 heteroatoms. The first-order valence-corrected chi connectivity index (χ1v) is 18.0. The third-order valence-electron chi connectivity index (χ3n) is 11.0. The average molecular weight is 662 g/mol. The van der Waals surface area contributed by atoms with Gasteiger partial charge in [0.2, 0.25) is 0 Å². The largest absolute Gasteiger partial charge is 0.355 e. The molecule has 1 nitrogen and oxygen atoms in total. The van der Waals surface area contributed by atoms with E-state index in [1.165, 1.54) is 77.2 Å². The van der Waals surface area contributed by atoms with Crippen molar-refractivity contribution in [2.75, 3.05) is 5.32 Å². The van der Waals surface area contributed by atoms with Crippen LogP contribution in [0.1, 0.15) is 22.3 Å². The van der Waals surface area contributed by atoms with E-state index in [-0.39, 0.29) is 0 Å². The molecule has 1 N–H and O–H groups in total. The molecule has 0 atom stereocenters. The Morgan fingerprint density at radius 3 is 1.58 bits per heavy atom. The highest BCUT2D eigenvalue weighted by molar-refractivity contribution is 6.09. The van der Waals surface area contributed by atoms with Gasteiger partial charge in [0.1, 0.15) is 0 Å². The third kappa shape index (κ3) is 4.63. The molecule has 10 rings (SSSR count). The summed E-state index contributed by atoms with van der Waals surface area (Å²) in [6, 6.07) is 75.1. The lowest BCUT2D eigenvalue weighted by Crippen LogP contribution is -2.28. The molecule has 0 aromatic heterocycles. The van der Waals surface area contributed by atoms with Crippen molar-refractivity contribution in [3.8, 4) is 33.4 Å². The van der Waals surface area contributed by atoms with E-state index < -0.39 is 5.41 Å². The maximum atomic E-state index is 3.85. The molecule has 52 heavy (non-hydrogen) atoms. The van der Waals surface area contributed by atoms with Gasteiger partial charge in [-0.3, -0.25) is 0 Å². The topological polar surface area (TPSA) is 12.0 Å². The van der Waals surface area contributed by atoms with Crippen molar-refractivity contribution in [2.45, 2.75) is 5.41 Å². The normalized spacial score (nSPS) is 12.8. The summed E-state index contributed by atoms with van der Waals surface area (Å²) in [5, 5.41) is 8.90. The van der Waals surface area contributed by atoms with Crippen LogP contribution < -0.4 is 5.32 Å². The van der Waals surface area contributed by atoms with Gasteiger partial charge in [-0.1, -0.05) is 188 Å². The standard InChI is InChI=1S/C51H35N/c1-3-17-37(18-4-1)51(38-19-5-2-6-20-38)47-28-10-9-22-46(47)50-48(51)29-14-30-49(50)52-39-33-31-36(32-34-39)41-23-12-26-44-43(41)25-13-27-45(44)42-24-11-16-35-15-7-8-21-40(35)42/h1-34,52H. The van der Waals surface area contributed by atoms with E-state index in [1.54, 1.807) is 0 Å². The van der Waals surface area contributed by atoms with Crippen molar-refractivity contribution in [2.24, 2.45) is 0 Å². The van der Waals surface area contributed by atoms with Gasteiger partial charge in [-0.05, 0) is 89.8 Å². The number of benzene rings is 9. The predicted octanol–water partition coefficient (Wildman–Crippen LogP) is 13.4. The van der Waals surface area contributed by atoms with Crippen LogP contribution >= 0.6 is 0 Å². The van der Waals surface area contributed by atoms with Gasteiger partial charge in [0.05, 0.1) is 5.41 Å². The van der Waals surface area contributed by atoms with E-state index in [1.807, 2.05) is 0 Å². The van der Waals surface area contributed by atoms with Crippen molar-refractivity contribution >= 4 is 32.9 Å². The molecule has 0 saturated heterocycles. The Morgan fingerprint density at radius 1 is 0.327 bits per heavy atom. The van der Waals surface area contributed by atoms with Crippen molar-refractivity contribution in [1.29, 1.82) is 0 Å². The number of rotatable bonds is 6. The van der Waals surface area contributed by atoms with Gasteiger partial charge in [0, 0.05) is 16.9 Å². The molecule has 0 radical (unpaired) electrons. The number of anilines is 2. The molecule has 0 unspecified atom stereocenters. The maximum Gasteiger partial charge on any atom is 0.0714 e. The second-order valence-corrected chi connectivity index (χ2v) is 13.7. The number of hydrogen-bond acceptors (Lipinski definition) is 1. The van der Waals surface area contributed by atoms with Gasteiger partial charge in [-0.25, -0.2) is 0 Å². The fourth-order valence-corrected chi connectivity index (χ4v) is 8.74. The molecule has 1 aliphatic rings. The van der Waals surface area contributed by atoms with Gasteiger partial charge in [-0.15, -0.1) is 0 Å². The smallest absolute Gasteiger partial charge is 0.0714 e. The molecule has 244 valence electrons. The lowest BCUT2D eigenvalue weighted by Gasteiger charge is -2.33. The molecular formula is C51H35N. The Kier molecular flexibility index (Phi) is 7.11. The van der Waals surface area contributed by atoms with Gasteiger partial charge >= 0.3 is 0 Å². The van der Waals surface area contributed by atoms with E-state index in [2.05, 4.69) is 212 Å². The summed E-state index contributed by atoms with van der Waals surface area (Å²) in [4.78, 5) is 0. The quantitative estimate of drug-likeness (QED) is 0.187. The van der Waals surface area contributed by atoms with Gasteiger partial charge < -0.3 is 5.32 Å². The van der Waals surface area contributed by atoms with E-state index in [0.717, 1.165) is 11.4 Å². The fraction of sp³-hybridized carbons (Fsp3) is 0.0196. The third-order valence-corrected chi connectivity index (χ3v) is 11.0. The second-order valence-electron chi connectivity index (χ2n) is 13.7. The van der Waals surface area contributed by atoms with Gasteiger partial charge in [0.15, 0.2) is 0 Å². The molecule has 0 fully saturated rings. The first kappa shape index (κ1) is 30.2. The Labute approximate surface area is 304 Å². The minimum absolute atomic E-state index is 0.421. The fourth-order valence-electron chi connectivity index (χ4n) is 8.74. The van der Waals surface area contributed by atoms with Crippen molar-refractivity contribution in [1.82, 2.24) is 0 Å². The molecule has 0 saturated carbocycles. The summed E-state index contributed by atoms with van der Waals surface area (Å²) in [6.07, 6.45) is 0. The van der Waals surface area contributed by atoms with Crippen LogP contribution in [0.4, 0.5) is 11.4 Å². The number of fused-ring (bicyclic) bond motifs is 5. The Bertz CT molecular complexity index is 2700. The van der Waals surface area contributed by atoms with Crippen molar-refractivity contribution < 1.29 is 0 Å². The highest BCUT2D eigenvalue weighted by atomic mass is 14.9. The SMILES string of the molecule is c1ccc(C2(c3ccccc3)c3ccccc3-c3c(Nc4ccc(-c5cccc6c(-c7cccc8ccccc78)cccc56)cc4)cccc32)cc1. The number of nitrogens with one attached hydrogen (secondary N) is 1. The molecule has 0 amide bonds. The van der Waals surface area contributed by atoms with Gasteiger partial charge in [0.25, 0.3) is 0 Å². The monoisotopic (exact) mass is 661 g/mol.